The summed E-state index contributed by atoms with van der Waals surface area (Å²) in [7, 11) is 1.88. The maximum Gasteiger partial charge on any atom is 0.327 e. The van der Waals surface area contributed by atoms with Gasteiger partial charge in [-0.3, -0.25) is 0 Å². The number of hydrogen-bond donors (Lipinski definition) is 2. The van der Waals surface area contributed by atoms with Crippen molar-refractivity contribution < 1.29 is 9.90 Å². The van der Waals surface area contributed by atoms with Crippen molar-refractivity contribution in [1.82, 2.24) is 5.32 Å². The summed E-state index contributed by atoms with van der Waals surface area (Å²) in [5.74, 6) is -0.871. The lowest BCUT2D eigenvalue weighted by atomic mass is 10.3. The zero-order valence-corrected chi connectivity index (χ0v) is 6.13. The van der Waals surface area contributed by atoms with Crippen molar-refractivity contribution in [2.24, 2.45) is 0 Å². The Morgan fingerprint density at radius 1 is 1.70 bits per heavy atom. The van der Waals surface area contributed by atoms with E-state index in [2.05, 4.69) is 5.32 Å². The van der Waals surface area contributed by atoms with Gasteiger partial charge in [-0.15, -0.1) is 0 Å². The molecule has 0 spiro atoms. The monoisotopic (exact) mass is 143 g/mol. The molecule has 58 valence electrons. The van der Waals surface area contributed by atoms with Crippen LogP contribution in [0.4, 0.5) is 0 Å². The molecule has 0 heterocycles. The highest BCUT2D eigenvalue weighted by Gasteiger charge is 1.84. The third-order valence-electron chi connectivity index (χ3n) is 1.06. The summed E-state index contributed by atoms with van der Waals surface area (Å²) < 4.78 is 0. The molecule has 0 aromatic rings. The van der Waals surface area contributed by atoms with Gasteiger partial charge in [0.1, 0.15) is 0 Å². The quantitative estimate of drug-likeness (QED) is 0.438. The first-order valence-corrected chi connectivity index (χ1v) is 3.31. The molecule has 0 saturated carbocycles. The summed E-state index contributed by atoms with van der Waals surface area (Å²) in [6.07, 6.45) is 4.66. The zero-order valence-electron chi connectivity index (χ0n) is 6.13. The van der Waals surface area contributed by atoms with E-state index >= 15 is 0 Å². The first-order valence-electron chi connectivity index (χ1n) is 3.31. The lowest BCUT2D eigenvalue weighted by Gasteiger charge is -1.92. The minimum atomic E-state index is -0.871. The van der Waals surface area contributed by atoms with Crippen LogP contribution in [0.15, 0.2) is 12.2 Å². The Balaban J connectivity index is 3.10. The van der Waals surface area contributed by atoms with Crippen molar-refractivity contribution in [3.8, 4) is 0 Å². The number of nitrogens with one attached hydrogen (secondary N) is 1. The average molecular weight is 143 g/mol. The zero-order chi connectivity index (χ0) is 7.82. The Morgan fingerprint density at radius 2 is 2.40 bits per heavy atom. The van der Waals surface area contributed by atoms with Crippen LogP contribution in [-0.2, 0) is 4.79 Å². The molecular formula is C7H13NO2. The minimum Gasteiger partial charge on any atom is -0.478 e. The number of rotatable bonds is 5. The molecule has 0 rings (SSSR count). The van der Waals surface area contributed by atoms with Crippen LogP contribution in [0.2, 0.25) is 0 Å². The predicted molar refractivity (Wildman–Crippen MR) is 39.9 cm³/mol. The van der Waals surface area contributed by atoms with Gasteiger partial charge in [0.2, 0.25) is 0 Å². The summed E-state index contributed by atoms with van der Waals surface area (Å²) in [4.78, 5) is 9.93. The van der Waals surface area contributed by atoms with Gasteiger partial charge in [0, 0.05) is 6.08 Å². The van der Waals surface area contributed by atoms with Crippen molar-refractivity contribution in [2.45, 2.75) is 12.8 Å². The second-order valence-electron chi connectivity index (χ2n) is 1.99. The molecule has 10 heavy (non-hydrogen) atoms. The number of unbranched alkanes of at least 4 members (excludes halogenated alkanes) is 1. The van der Waals surface area contributed by atoms with Gasteiger partial charge in [-0.25, -0.2) is 4.79 Å². The second kappa shape index (κ2) is 6.29. The molecule has 3 heteroatoms. The van der Waals surface area contributed by atoms with Gasteiger partial charge >= 0.3 is 5.97 Å². The maximum absolute atomic E-state index is 9.93. The largest absolute Gasteiger partial charge is 0.478 e. The van der Waals surface area contributed by atoms with Crippen molar-refractivity contribution in [2.75, 3.05) is 13.6 Å². The summed E-state index contributed by atoms with van der Waals surface area (Å²) >= 11 is 0. The molecule has 3 nitrogen and oxygen atoms in total. The molecule has 0 bridgehead atoms. The Labute approximate surface area is 60.7 Å². The number of carbonyl (C=O) groups is 1. The standard InChI is InChI=1S/C7H13NO2/c1-8-6-4-2-3-5-7(9)10/h3,5,8H,2,4,6H2,1H3,(H,9,10)/b5-3+. The molecule has 2 N–H and O–H groups in total. The second-order valence-corrected chi connectivity index (χ2v) is 1.99. The summed E-state index contributed by atoms with van der Waals surface area (Å²) in [6.45, 7) is 0.934. The molecule has 0 fully saturated rings. The molecule has 0 aromatic carbocycles. The van der Waals surface area contributed by atoms with E-state index in [0.717, 1.165) is 19.4 Å². The van der Waals surface area contributed by atoms with Gasteiger partial charge in [-0.05, 0) is 26.4 Å². The van der Waals surface area contributed by atoms with Gasteiger partial charge in [-0.1, -0.05) is 6.08 Å². The Kier molecular flexibility index (Phi) is 5.77. The molecular weight excluding hydrogens is 130 g/mol. The third-order valence-corrected chi connectivity index (χ3v) is 1.06. The Morgan fingerprint density at radius 3 is 2.90 bits per heavy atom. The van der Waals surface area contributed by atoms with Crippen LogP contribution >= 0.6 is 0 Å². The van der Waals surface area contributed by atoms with E-state index in [9.17, 15) is 4.79 Å². The highest BCUT2D eigenvalue weighted by molar-refractivity contribution is 5.79. The average Bonchev–Trinajstić information content (AvgIpc) is 1.87. The summed E-state index contributed by atoms with van der Waals surface area (Å²) in [6, 6.07) is 0. The SMILES string of the molecule is CNCCC/C=C/C(=O)O. The molecule has 0 amide bonds. The van der Waals surface area contributed by atoms with Crippen LogP contribution in [0.25, 0.3) is 0 Å². The van der Waals surface area contributed by atoms with E-state index < -0.39 is 5.97 Å². The molecule has 0 aliphatic carbocycles. The molecule has 0 aliphatic heterocycles. The van der Waals surface area contributed by atoms with E-state index in [-0.39, 0.29) is 0 Å². The number of aliphatic carboxylic acids is 1. The number of carboxylic acid groups (broad SMARTS) is 1. The summed E-state index contributed by atoms with van der Waals surface area (Å²) in [5, 5.41) is 11.1. The molecule has 0 aliphatic rings. The van der Waals surface area contributed by atoms with E-state index in [1.807, 2.05) is 7.05 Å². The highest BCUT2D eigenvalue weighted by atomic mass is 16.4. The normalized spacial score (nSPS) is 10.5. The Hall–Kier alpha value is -0.830. The van der Waals surface area contributed by atoms with Crippen molar-refractivity contribution in [1.29, 1.82) is 0 Å². The lowest BCUT2D eigenvalue weighted by molar-refractivity contribution is -0.131. The minimum absolute atomic E-state index is 0.827. The van der Waals surface area contributed by atoms with Gasteiger partial charge in [0.25, 0.3) is 0 Å². The lowest BCUT2D eigenvalue weighted by Crippen LogP contribution is -2.06. The molecule has 0 saturated heterocycles. The number of carboxylic acids is 1. The van der Waals surface area contributed by atoms with Gasteiger partial charge in [0.05, 0.1) is 0 Å². The van der Waals surface area contributed by atoms with E-state index in [1.165, 1.54) is 6.08 Å². The first kappa shape index (κ1) is 9.17. The first-order chi connectivity index (χ1) is 4.77. The van der Waals surface area contributed by atoms with E-state index in [1.54, 1.807) is 6.08 Å². The van der Waals surface area contributed by atoms with E-state index in [0.29, 0.717) is 0 Å². The van der Waals surface area contributed by atoms with E-state index in [4.69, 9.17) is 5.11 Å². The van der Waals surface area contributed by atoms with Gasteiger partial charge in [-0.2, -0.15) is 0 Å². The summed E-state index contributed by atoms with van der Waals surface area (Å²) in [5.41, 5.74) is 0. The fraction of sp³-hybridized carbons (Fsp3) is 0.571. The van der Waals surface area contributed by atoms with Gasteiger partial charge in [0.15, 0.2) is 0 Å². The molecule has 0 atom stereocenters. The maximum atomic E-state index is 9.93. The fourth-order valence-corrected chi connectivity index (χ4v) is 0.581. The molecule has 0 aromatic heterocycles. The highest BCUT2D eigenvalue weighted by Crippen LogP contribution is 1.87. The van der Waals surface area contributed by atoms with Crippen LogP contribution < -0.4 is 5.32 Å². The van der Waals surface area contributed by atoms with Crippen molar-refractivity contribution in [3.63, 3.8) is 0 Å². The Bertz CT molecular complexity index is 121. The van der Waals surface area contributed by atoms with Crippen LogP contribution in [0.5, 0.6) is 0 Å². The third kappa shape index (κ3) is 7.17. The fourth-order valence-electron chi connectivity index (χ4n) is 0.581. The molecule has 0 radical (unpaired) electrons. The number of allylic oxidation sites excluding steroid dienone is 1. The van der Waals surface area contributed by atoms with Crippen molar-refractivity contribution in [3.05, 3.63) is 12.2 Å². The smallest absolute Gasteiger partial charge is 0.327 e. The topological polar surface area (TPSA) is 49.3 Å². The van der Waals surface area contributed by atoms with Crippen LogP contribution in [0.3, 0.4) is 0 Å². The molecule has 0 unspecified atom stereocenters. The van der Waals surface area contributed by atoms with Crippen LogP contribution in [-0.4, -0.2) is 24.7 Å². The van der Waals surface area contributed by atoms with Crippen molar-refractivity contribution >= 4 is 5.97 Å². The van der Waals surface area contributed by atoms with Crippen LogP contribution in [0, 0.1) is 0 Å². The predicted octanol–water partition coefficient (Wildman–Crippen LogP) is 0.627. The van der Waals surface area contributed by atoms with Crippen LogP contribution in [0.1, 0.15) is 12.8 Å². The van der Waals surface area contributed by atoms with Gasteiger partial charge < -0.3 is 10.4 Å². The number of hydrogen-bond acceptors (Lipinski definition) is 2.